The van der Waals surface area contributed by atoms with Crippen LogP contribution in [0.15, 0.2) is 30.3 Å². The normalized spacial score (nSPS) is 36.4. The minimum atomic E-state index is -0.140. The first-order valence-electron chi connectivity index (χ1n) is 8.08. The molecule has 0 spiro atoms. The van der Waals surface area contributed by atoms with Gasteiger partial charge in [-0.15, -0.1) is 0 Å². The van der Waals surface area contributed by atoms with Crippen LogP contribution in [0.1, 0.15) is 57.4 Å². The Balaban J connectivity index is 1.71. The quantitative estimate of drug-likeness (QED) is 0.884. The maximum Gasteiger partial charge on any atom is 0.0621 e. The third-order valence-electron chi connectivity index (χ3n) is 5.62. The summed E-state index contributed by atoms with van der Waals surface area (Å²) in [6.07, 6.45) is 5.99. The SMILES string of the molecule is CC1(C)C(O)CC1NC1CCCCC1c1ccccc1. The fourth-order valence-corrected chi connectivity index (χ4v) is 3.87. The number of hydrogen-bond donors (Lipinski definition) is 2. The van der Waals surface area contributed by atoms with Crippen molar-refractivity contribution in [1.82, 2.24) is 5.32 Å². The molecule has 0 radical (unpaired) electrons. The number of rotatable bonds is 3. The lowest BCUT2D eigenvalue weighted by atomic mass is 9.64. The van der Waals surface area contributed by atoms with Gasteiger partial charge in [0.05, 0.1) is 6.10 Å². The first-order chi connectivity index (χ1) is 9.59. The maximum atomic E-state index is 9.92. The second kappa shape index (κ2) is 5.50. The second-order valence-electron chi connectivity index (χ2n) is 7.20. The van der Waals surface area contributed by atoms with E-state index in [9.17, 15) is 5.11 Å². The van der Waals surface area contributed by atoms with Crippen molar-refractivity contribution in [2.45, 2.75) is 70.1 Å². The highest BCUT2D eigenvalue weighted by Gasteiger charge is 2.48. The Kier molecular flexibility index (Phi) is 3.87. The van der Waals surface area contributed by atoms with Crippen molar-refractivity contribution in [3.63, 3.8) is 0 Å². The summed E-state index contributed by atoms with van der Waals surface area (Å²) in [6, 6.07) is 12.0. The summed E-state index contributed by atoms with van der Waals surface area (Å²) in [7, 11) is 0. The first kappa shape index (κ1) is 14.1. The van der Waals surface area contributed by atoms with Crippen molar-refractivity contribution in [3.8, 4) is 0 Å². The predicted octanol–water partition coefficient (Wildman–Crippen LogP) is 3.46. The Morgan fingerprint density at radius 1 is 1.10 bits per heavy atom. The van der Waals surface area contributed by atoms with Gasteiger partial charge in [-0.3, -0.25) is 0 Å². The van der Waals surface area contributed by atoms with Gasteiger partial charge in [0.25, 0.3) is 0 Å². The van der Waals surface area contributed by atoms with E-state index in [-0.39, 0.29) is 11.5 Å². The van der Waals surface area contributed by atoms with Crippen LogP contribution >= 0.6 is 0 Å². The molecule has 0 aromatic heterocycles. The molecular weight excluding hydrogens is 246 g/mol. The number of benzene rings is 1. The second-order valence-corrected chi connectivity index (χ2v) is 7.20. The van der Waals surface area contributed by atoms with Gasteiger partial charge in [0.2, 0.25) is 0 Å². The summed E-state index contributed by atoms with van der Waals surface area (Å²) in [5.41, 5.74) is 1.50. The van der Waals surface area contributed by atoms with E-state index in [1.807, 2.05) is 0 Å². The number of aliphatic hydroxyl groups excluding tert-OH is 1. The van der Waals surface area contributed by atoms with Crippen molar-refractivity contribution in [3.05, 3.63) is 35.9 Å². The zero-order chi connectivity index (χ0) is 14.2. The molecule has 2 saturated carbocycles. The van der Waals surface area contributed by atoms with Crippen LogP contribution in [0.2, 0.25) is 0 Å². The molecule has 2 heteroatoms. The van der Waals surface area contributed by atoms with Crippen LogP contribution in [0.3, 0.4) is 0 Å². The van der Waals surface area contributed by atoms with Gasteiger partial charge in [-0.1, -0.05) is 57.0 Å². The van der Waals surface area contributed by atoms with Crippen molar-refractivity contribution in [2.24, 2.45) is 5.41 Å². The Hall–Kier alpha value is -0.860. The van der Waals surface area contributed by atoms with Crippen LogP contribution in [0.4, 0.5) is 0 Å². The fourth-order valence-electron chi connectivity index (χ4n) is 3.87. The highest BCUT2D eigenvalue weighted by atomic mass is 16.3. The number of nitrogens with one attached hydrogen (secondary N) is 1. The van der Waals surface area contributed by atoms with E-state index in [0.29, 0.717) is 18.0 Å². The van der Waals surface area contributed by atoms with Crippen LogP contribution in [-0.2, 0) is 0 Å². The van der Waals surface area contributed by atoms with Crippen molar-refractivity contribution in [2.75, 3.05) is 0 Å². The molecule has 2 fully saturated rings. The van der Waals surface area contributed by atoms with Gasteiger partial charge in [-0.25, -0.2) is 0 Å². The fraction of sp³-hybridized carbons (Fsp3) is 0.667. The largest absolute Gasteiger partial charge is 0.392 e. The highest BCUT2D eigenvalue weighted by molar-refractivity contribution is 5.22. The predicted molar refractivity (Wildman–Crippen MR) is 82.8 cm³/mol. The molecule has 4 unspecified atom stereocenters. The molecule has 0 heterocycles. The van der Waals surface area contributed by atoms with Crippen molar-refractivity contribution >= 4 is 0 Å². The molecule has 4 atom stereocenters. The van der Waals surface area contributed by atoms with Gasteiger partial charge in [-0.05, 0) is 30.7 Å². The standard InChI is InChI=1S/C18H27NO/c1-18(2)16(12-17(18)20)19-15-11-7-6-10-14(15)13-8-4-3-5-9-13/h3-5,8-9,14-17,19-20H,6-7,10-12H2,1-2H3. The molecule has 1 aromatic carbocycles. The lowest BCUT2D eigenvalue weighted by Crippen LogP contribution is -2.62. The smallest absolute Gasteiger partial charge is 0.0621 e. The van der Waals surface area contributed by atoms with Gasteiger partial charge < -0.3 is 10.4 Å². The summed E-state index contributed by atoms with van der Waals surface area (Å²) in [4.78, 5) is 0. The highest BCUT2D eigenvalue weighted by Crippen LogP contribution is 2.42. The van der Waals surface area contributed by atoms with Gasteiger partial charge in [0.1, 0.15) is 0 Å². The zero-order valence-corrected chi connectivity index (χ0v) is 12.7. The Labute approximate surface area is 122 Å². The van der Waals surface area contributed by atoms with Crippen LogP contribution in [0.25, 0.3) is 0 Å². The van der Waals surface area contributed by atoms with E-state index >= 15 is 0 Å². The topological polar surface area (TPSA) is 32.3 Å². The van der Waals surface area contributed by atoms with Gasteiger partial charge >= 0.3 is 0 Å². The Bertz CT molecular complexity index is 442. The Morgan fingerprint density at radius 3 is 2.45 bits per heavy atom. The molecule has 2 aliphatic carbocycles. The van der Waals surface area contributed by atoms with Crippen LogP contribution in [-0.4, -0.2) is 23.3 Å². The van der Waals surface area contributed by atoms with Gasteiger partial charge in [0.15, 0.2) is 0 Å². The average molecular weight is 273 g/mol. The van der Waals surface area contributed by atoms with E-state index < -0.39 is 0 Å². The molecule has 2 N–H and O–H groups in total. The average Bonchev–Trinajstić information content (AvgIpc) is 2.48. The summed E-state index contributed by atoms with van der Waals surface area (Å²) >= 11 is 0. The minimum Gasteiger partial charge on any atom is -0.392 e. The third kappa shape index (κ3) is 2.51. The van der Waals surface area contributed by atoms with Crippen LogP contribution < -0.4 is 5.32 Å². The van der Waals surface area contributed by atoms with E-state index in [1.54, 1.807) is 0 Å². The molecular formula is C18H27NO. The number of hydrogen-bond acceptors (Lipinski definition) is 2. The summed E-state index contributed by atoms with van der Waals surface area (Å²) in [6.45, 7) is 4.36. The minimum absolute atomic E-state index is 0.0265. The van der Waals surface area contributed by atoms with Crippen LogP contribution in [0.5, 0.6) is 0 Å². The first-order valence-corrected chi connectivity index (χ1v) is 8.08. The van der Waals surface area contributed by atoms with E-state index in [0.717, 1.165) is 6.42 Å². The van der Waals surface area contributed by atoms with E-state index in [2.05, 4.69) is 49.5 Å². The monoisotopic (exact) mass is 273 g/mol. The number of aliphatic hydroxyl groups is 1. The molecule has 1 aromatic rings. The molecule has 0 amide bonds. The third-order valence-corrected chi connectivity index (χ3v) is 5.62. The molecule has 0 saturated heterocycles. The summed E-state index contributed by atoms with van der Waals surface area (Å²) < 4.78 is 0. The Morgan fingerprint density at radius 2 is 1.80 bits per heavy atom. The lowest BCUT2D eigenvalue weighted by molar-refractivity contribution is -0.0778. The molecule has 3 rings (SSSR count). The van der Waals surface area contributed by atoms with E-state index in [4.69, 9.17) is 0 Å². The molecule has 0 bridgehead atoms. The molecule has 2 aliphatic rings. The van der Waals surface area contributed by atoms with Crippen molar-refractivity contribution < 1.29 is 5.11 Å². The van der Waals surface area contributed by atoms with Crippen molar-refractivity contribution in [1.29, 1.82) is 0 Å². The summed E-state index contributed by atoms with van der Waals surface area (Å²) in [5.74, 6) is 0.637. The van der Waals surface area contributed by atoms with Gasteiger partial charge in [-0.2, -0.15) is 0 Å². The molecule has 20 heavy (non-hydrogen) atoms. The zero-order valence-electron chi connectivity index (χ0n) is 12.7. The van der Waals surface area contributed by atoms with E-state index in [1.165, 1.54) is 31.2 Å². The summed E-state index contributed by atoms with van der Waals surface area (Å²) in [5, 5.41) is 13.8. The maximum absolute atomic E-state index is 9.92. The van der Waals surface area contributed by atoms with Crippen LogP contribution in [0, 0.1) is 5.41 Å². The molecule has 0 aliphatic heterocycles. The van der Waals surface area contributed by atoms with Gasteiger partial charge in [0, 0.05) is 17.5 Å². The lowest BCUT2D eigenvalue weighted by Gasteiger charge is -2.52. The molecule has 110 valence electrons. The molecule has 2 nitrogen and oxygen atoms in total.